The van der Waals surface area contributed by atoms with Crippen LogP contribution in [0.4, 0.5) is 0 Å². The van der Waals surface area contributed by atoms with Crippen LogP contribution < -0.4 is 36.3 Å². The van der Waals surface area contributed by atoms with Gasteiger partial charge < -0.3 is 0 Å². The van der Waals surface area contributed by atoms with Crippen molar-refractivity contribution in [2.24, 2.45) is 0 Å². The van der Waals surface area contributed by atoms with E-state index in [-0.39, 0.29) is 0 Å². The van der Waals surface area contributed by atoms with Gasteiger partial charge in [-0.3, -0.25) is 0 Å². The van der Waals surface area contributed by atoms with E-state index in [0.29, 0.717) is 17.5 Å². The van der Waals surface area contributed by atoms with E-state index in [1.165, 1.54) is 76.7 Å². The molecule has 0 atom stereocenters. The Hall–Kier alpha value is -7.92. The van der Waals surface area contributed by atoms with Crippen molar-refractivity contribution in [3.05, 3.63) is 255 Å². The van der Waals surface area contributed by atoms with Crippen LogP contribution in [0.15, 0.2) is 255 Å². The van der Waals surface area contributed by atoms with E-state index < -0.39 is 16.9 Å². The molecule has 3 aromatic heterocycles. The first kappa shape index (κ1) is 42.2. The van der Waals surface area contributed by atoms with E-state index in [4.69, 9.17) is 15.0 Å². The summed E-state index contributed by atoms with van der Waals surface area (Å²) in [6.07, 6.45) is 0. The molecule has 70 heavy (non-hydrogen) atoms. The Morgan fingerprint density at radius 3 is 1.31 bits per heavy atom. The molecule has 0 N–H and O–H groups in total. The lowest BCUT2D eigenvalue weighted by Gasteiger charge is -2.34. The van der Waals surface area contributed by atoms with Gasteiger partial charge in [0.2, 0.25) is 0 Å². The summed E-state index contributed by atoms with van der Waals surface area (Å²) in [5.41, 5.74) is 2.86. The number of nitrogens with zero attached hydrogens (tertiary/aromatic N) is 3. The quantitative estimate of drug-likeness (QED) is 0.101. The fourth-order valence-electron chi connectivity index (χ4n) is 10.4. The predicted octanol–water partition coefficient (Wildman–Crippen LogP) is 11.5. The number of fused-ring (bicyclic) bond motifs is 6. The fraction of sp³-hybridized carbons (Fsp3) is 0. The molecule has 13 rings (SSSR count). The Labute approximate surface area is 417 Å². The number of rotatable bonds is 10. The van der Waals surface area contributed by atoms with Gasteiger partial charge in [0.15, 0.2) is 34.3 Å². The van der Waals surface area contributed by atoms with Gasteiger partial charge in [-0.25, -0.2) is 15.0 Å². The highest BCUT2D eigenvalue weighted by molar-refractivity contribution is 7.26. The van der Waals surface area contributed by atoms with Gasteiger partial charge in [0.1, 0.15) is 0 Å². The van der Waals surface area contributed by atoms with Gasteiger partial charge in [0.25, 0.3) is 0 Å². The third-order valence-corrected chi connectivity index (χ3v) is 23.3. The molecular weight excluding hydrogens is 919 g/mol. The van der Waals surface area contributed by atoms with E-state index in [0.717, 1.165) is 16.7 Å². The summed E-state index contributed by atoms with van der Waals surface area (Å²) in [6, 6.07) is 93.5. The van der Waals surface area contributed by atoms with Crippen LogP contribution >= 0.6 is 22.7 Å². The molecule has 0 aliphatic heterocycles. The molecule has 0 saturated carbocycles. The summed E-state index contributed by atoms with van der Waals surface area (Å²) < 4.78 is 5.24. The lowest BCUT2D eigenvalue weighted by atomic mass is 10.1. The van der Waals surface area contributed by atoms with Gasteiger partial charge in [-0.05, 0) is 55.4 Å². The predicted molar refractivity (Wildman–Crippen MR) is 303 cm³/mol. The van der Waals surface area contributed by atoms with Crippen LogP contribution in [0.3, 0.4) is 0 Å². The molecule has 0 spiro atoms. The zero-order valence-electron chi connectivity index (χ0n) is 37.9. The Bertz CT molecular complexity index is 3990. The average molecular weight is 961 g/mol. The van der Waals surface area contributed by atoms with Gasteiger partial charge in [-0.15, -0.1) is 22.7 Å². The van der Waals surface area contributed by atoms with Crippen molar-refractivity contribution in [1.82, 2.24) is 15.0 Å². The SMILES string of the molecule is c1ccc(-c2nc(-c3cccc([Si](c4ccccc4)c4ccc5c(c4)sc4ccccc45)c3)nc(-c3cccc([Si](c4ccccc4)(c4ccccc4)c4ccc5c(c4)sc4ccccc45)c3)n2)cc1. The molecule has 0 amide bonds. The normalized spacial score (nSPS) is 11.8. The third-order valence-electron chi connectivity index (χ3n) is 13.6. The molecule has 10 aromatic carbocycles. The van der Waals surface area contributed by atoms with Crippen LogP contribution in [0.1, 0.15) is 0 Å². The summed E-state index contributed by atoms with van der Waals surface area (Å²) in [5.74, 6) is 1.93. The van der Waals surface area contributed by atoms with Gasteiger partial charge in [0, 0.05) is 57.0 Å². The van der Waals surface area contributed by atoms with Crippen molar-refractivity contribution in [3.8, 4) is 34.2 Å². The van der Waals surface area contributed by atoms with Crippen molar-refractivity contribution in [1.29, 1.82) is 0 Å². The van der Waals surface area contributed by atoms with E-state index in [2.05, 4.69) is 249 Å². The van der Waals surface area contributed by atoms with Crippen LogP contribution in [0.2, 0.25) is 0 Å². The second-order valence-corrected chi connectivity index (χ2v) is 26.1. The van der Waals surface area contributed by atoms with Crippen LogP contribution in [-0.2, 0) is 0 Å². The molecule has 0 saturated heterocycles. The van der Waals surface area contributed by atoms with Crippen LogP contribution in [0.25, 0.3) is 74.5 Å². The van der Waals surface area contributed by atoms with E-state index in [9.17, 15) is 0 Å². The Balaban J connectivity index is 0.984. The molecule has 0 fully saturated rings. The monoisotopic (exact) mass is 960 g/mol. The number of hydrogen-bond donors (Lipinski definition) is 0. The van der Waals surface area contributed by atoms with E-state index in [1.807, 2.05) is 28.7 Å². The van der Waals surface area contributed by atoms with Crippen LogP contribution in [-0.4, -0.2) is 31.8 Å². The van der Waals surface area contributed by atoms with Gasteiger partial charge in [-0.1, -0.05) is 236 Å². The molecule has 329 valence electrons. The molecule has 13 aromatic rings. The summed E-state index contributed by atoms with van der Waals surface area (Å²) >= 11 is 3.75. The standard InChI is InChI=1S/C63H42N3S2Si2/c1-5-19-43(20-6-1)61-64-62(44-21-17-25-47(39-44)69(46-23-7-2-8-24-46)48-35-37-55-53-31-13-15-33-57(53)67-59(55)41-48)66-63(65-61)45-22-18-30-51(40-45)70(49-26-9-3-10-27-49,50-28-11-4-12-29-50)52-36-38-56-54-32-14-16-34-58(54)68-60(56)42-52/h1-42H. The van der Waals surface area contributed by atoms with Gasteiger partial charge in [0.05, 0.1) is 0 Å². The minimum absolute atomic E-state index is 0.642. The van der Waals surface area contributed by atoms with Crippen molar-refractivity contribution >= 4 is 116 Å². The second kappa shape index (κ2) is 17.9. The topological polar surface area (TPSA) is 38.7 Å². The maximum absolute atomic E-state index is 5.43. The van der Waals surface area contributed by atoms with Crippen LogP contribution in [0.5, 0.6) is 0 Å². The first-order valence-electron chi connectivity index (χ1n) is 23.6. The number of benzene rings is 10. The fourth-order valence-corrected chi connectivity index (χ4v) is 20.3. The molecule has 0 unspecified atom stereocenters. The zero-order chi connectivity index (χ0) is 46.4. The zero-order valence-corrected chi connectivity index (χ0v) is 41.5. The molecule has 1 radical (unpaired) electrons. The maximum Gasteiger partial charge on any atom is 0.179 e. The summed E-state index contributed by atoms with van der Waals surface area (Å²) in [7, 11) is -4.40. The summed E-state index contributed by atoms with van der Waals surface area (Å²) in [6.45, 7) is 0. The smallest absolute Gasteiger partial charge is 0.179 e. The Morgan fingerprint density at radius 1 is 0.271 bits per heavy atom. The highest BCUT2D eigenvalue weighted by Gasteiger charge is 2.42. The van der Waals surface area contributed by atoms with Crippen molar-refractivity contribution in [3.63, 3.8) is 0 Å². The number of thiophene rings is 2. The molecule has 3 heterocycles. The van der Waals surface area contributed by atoms with Gasteiger partial charge in [-0.2, -0.15) is 0 Å². The Kier molecular flexibility index (Phi) is 10.8. The lowest BCUT2D eigenvalue weighted by molar-refractivity contribution is 1.07. The minimum atomic E-state index is -2.96. The average Bonchev–Trinajstić information content (AvgIpc) is 4.00. The summed E-state index contributed by atoms with van der Waals surface area (Å²) in [5, 5.41) is 14.4. The number of hydrogen-bond acceptors (Lipinski definition) is 5. The van der Waals surface area contributed by atoms with Crippen molar-refractivity contribution in [2.45, 2.75) is 0 Å². The van der Waals surface area contributed by atoms with E-state index >= 15 is 0 Å². The highest BCUT2D eigenvalue weighted by Crippen LogP contribution is 2.35. The van der Waals surface area contributed by atoms with Crippen molar-refractivity contribution < 1.29 is 0 Å². The highest BCUT2D eigenvalue weighted by atomic mass is 32.1. The minimum Gasteiger partial charge on any atom is -0.208 e. The third kappa shape index (κ3) is 7.42. The molecule has 3 nitrogen and oxygen atoms in total. The largest absolute Gasteiger partial charge is 0.208 e. The Morgan fingerprint density at radius 2 is 0.686 bits per heavy atom. The van der Waals surface area contributed by atoms with Crippen molar-refractivity contribution in [2.75, 3.05) is 0 Å². The molecular formula is C63H42N3S2Si2. The first-order valence-corrected chi connectivity index (χ1v) is 28.7. The molecule has 0 aliphatic rings. The number of aromatic nitrogens is 3. The molecule has 0 bridgehead atoms. The molecule has 7 heteroatoms. The maximum atomic E-state index is 5.43. The summed E-state index contributed by atoms with van der Waals surface area (Å²) in [4.78, 5) is 16.0. The second-order valence-electron chi connectivity index (χ2n) is 17.7. The van der Waals surface area contributed by atoms with Crippen LogP contribution in [0, 0.1) is 0 Å². The van der Waals surface area contributed by atoms with Gasteiger partial charge >= 0.3 is 0 Å². The van der Waals surface area contributed by atoms with E-state index in [1.54, 1.807) is 0 Å². The first-order chi connectivity index (χ1) is 34.7. The lowest BCUT2D eigenvalue weighted by Crippen LogP contribution is -2.74. The molecule has 0 aliphatic carbocycles.